The Labute approximate surface area is 133 Å². The maximum atomic E-state index is 12.2. The van der Waals surface area contributed by atoms with Crippen molar-refractivity contribution in [1.29, 1.82) is 0 Å². The van der Waals surface area contributed by atoms with Gasteiger partial charge in [0, 0.05) is 11.3 Å². The largest absolute Gasteiger partial charge is 0.493 e. The van der Waals surface area contributed by atoms with Crippen molar-refractivity contribution in [1.82, 2.24) is 14.8 Å². The molecule has 1 atom stereocenters. The lowest BCUT2D eigenvalue weighted by molar-refractivity contribution is -0.114. The molecule has 0 bridgehead atoms. The summed E-state index contributed by atoms with van der Waals surface area (Å²) in [6.07, 6.45) is 1.46. The van der Waals surface area contributed by atoms with Crippen LogP contribution in [0.25, 0.3) is 0 Å². The van der Waals surface area contributed by atoms with Crippen molar-refractivity contribution in [2.45, 2.75) is 19.9 Å². The van der Waals surface area contributed by atoms with Gasteiger partial charge < -0.3 is 14.8 Å². The Morgan fingerprint density at radius 2 is 2.00 bits per heavy atom. The summed E-state index contributed by atoms with van der Waals surface area (Å²) >= 11 is 0. The number of rotatable bonds is 4. The molecule has 23 heavy (non-hydrogen) atoms. The van der Waals surface area contributed by atoms with Crippen LogP contribution in [-0.4, -0.2) is 34.8 Å². The fourth-order valence-electron chi connectivity index (χ4n) is 2.88. The molecule has 0 radical (unpaired) electrons. The summed E-state index contributed by atoms with van der Waals surface area (Å²) in [6.45, 7) is 3.42. The molecule has 0 aliphatic carbocycles. The van der Waals surface area contributed by atoms with Crippen LogP contribution in [0.1, 0.15) is 25.5 Å². The van der Waals surface area contributed by atoms with Crippen molar-refractivity contribution < 1.29 is 14.3 Å². The molecule has 120 valence electrons. The minimum atomic E-state index is -0.356. The maximum absolute atomic E-state index is 12.2. The molecule has 0 spiro atoms. The van der Waals surface area contributed by atoms with Crippen LogP contribution in [0.4, 0.5) is 5.95 Å². The SMILES string of the molecule is COc1ccc([C@H]2C(C(C)=O)=C(C)Nc3ncnn32)cc1OC. The lowest BCUT2D eigenvalue weighted by Gasteiger charge is -2.28. The van der Waals surface area contributed by atoms with Gasteiger partial charge in [-0.15, -0.1) is 0 Å². The van der Waals surface area contributed by atoms with Crippen LogP contribution in [0.5, 0.6) is 11.5 Å². The second-order valence-corrected chi connectivity index (χ2v) is 5.27. The number of carbonyl (C=O) groups excluding carboxylic acids is 1. The van der Waals surface area contributed by atoms with Gasteiger partial charge in [-0.1, -0.05) is 6.07 Å². The number of carbonyl (C=O) groups is 1. The topological polar surface area (TPSA) is 78.3 Å². The molecule has 3 rings (SSSR count). The van der Waals surface area contributed by atoms with E-state index in [2.05, 4.69) is 15.4 Å². The Bertz CT molecular complexity index is 794. The molecule has 0 fully saturated rings. The van der Waals surface area contributed by atoms with E-state index < -0.39 is 0 Å². The number of ketones is 1. The Morgan fingerprint density at radius 3 is 2.65 bits per heavy atom. The highest BCUT2D eigenvalue weighted by Gasteiger charge is 2.32. The van der Waals surface area contributed by atoms with E-state index in [1.807, 2.05) is 25.1 Å². The molecule has 1 N–H and O–H groups in total. The quantitative estimate of drug-likeness (QED) is 0.932. The van der Waals surface area contributed by atoms with E-state index in [1.165, 1.54) is 6.33 Å². The molecule has 0 saturated carbocycles. The first-order chi connectivity index (χ1) is 11.1. The number of ether oxygens (including phenoxy) is 2. The Balaban J connectivity index is 2.18. The summed E-state index contributed by atoms with van der Waals surface area (Å²) in [5, 5.41) is 7.38. The molecular formula is C16H18N4O3. The molecule has 0 unspecified atom stereocenters. The molecule has 1 aliphatic rings. The number of Topliss-reactive ketones (excluding diaryl/α,β-unsaturated/α-hetero) is 1. The van der Waals surface area contributed by atoms with Gasteiger partial charge in [0.1, 0.15) is 12.4 Å². The van der Waals surface area contributed by atoms with Crippen molar-refractivity contribution >= 4 is 11.7 Å². The van der Waals surface area contributed by atoms with Gasteiger partial charge in [-0.2, -0.15) is 10.1 Å². The zero-order valence-corrected chi connectivity index (χ0v) is 13.5. The van der Waals surface area contributed by atoms with Gasteiger partial charge >= 0.3 is 0 Å². The van der Waals surface area contributed by atoms with Crippen molar-refractivity contribution in [2.75, 3.05) is 19.5 Å². The summed E-state index contributed by atoms with van der Waals surface area (Å²) in [4.78, 5) is 16.4. The third kappa shape index (κ3) is 2.44. The van der Waals surface area contributed by atoms with E-state index in [0.29, 0.717) is 23.0 Å². The predicted molar refractivity (Wildman–Crippen MR) is 84.7 cm³/mol. The number of benzene rings is 1. The molecule has 2 aromatic rings. The molecule has 1 aromatic heterocycles. The number of hydrogen-bond acceptors (Lipinski definition) is 6. The minimum Gasteiger partial charge on any atom is -0.493 e. The number of anilines is 1. The molecule has 7 nitrogen and oxygen atoms in total. The van der Waals surface area contributed by atoms with Gasteiger partial charge in [0.25, 0.3) is 0 Å². The van der Waals surface area contributed by atoms with E-state index >= 15 is 0 Å². The highest BCUT2D eigenvalue weighted by molar-refractivity contribution is 5.96. The lowest BCUT2D eigenvalue weighted by atomic mass is 9.93. The Morgan fingerprint density at radius 1 is 1.26 bits per heavy atom. The van der Waals surface area contributed by atoms with E-state index in [-0.39, 0.29) is 11.8 Å². The smallest absolute Gasteiger partial charge is 0.226 e. The zero-order valence-electron chi connectivity index (χ0n) is 13.5. The molecular weight excluding hydrogens is 296 g/mol. The van der Waals surface area contributed by atoms with Crippen LogP contribution in [0, 0.1) is 0 Å². The molecule has 0 amide bonds. The third-order valence-electron chi connectivity index (χ3n) is 3.90. The highest BCUT2D eigenvalue weighted by Crippen LogP contribution is 2.38. The average molecular weight is 314 g/mol. The Hall–Kier alpha value is -2.83. The number of nitrogens with one attached hydrogen (secondary N) is 1. The molecule has 1 aromatic carbocycles. The monoisotopic (exact) mass is 314 g/mol. The third-order valence-corrected chi connectivity index (χ3v) is 3.90. The number of methoxy groups -OCH3 is 2. The second-order valence-electron chi connectivity index (χ2n) is 5.27. The van der Waals surface area contributed by atoms with Crippen molar-refractivity contribution in [2.24, 2.45) is 0 Å². The standard InChI is InChI=1S/C16H18N4O3/c1-9-14(10(2)21)15(20-16(19-9)17-8-18-20)11-5-6-12(22-3)13(7-11)23-4/h5-8,15H,1-4H3,(H,17,18,19)/t15-/m0/s1. The van der Waals surface area contributed by atoms with Gasteiger partial charge in [0.05, 0.1) is 14.2 Å². The maximum Gasteiger partial charge on any atom is 0.226 e. The fourth-order valence-corrected chi connectivity index (χ4v) is 2.88. The van der Waals surface area contributed by atoms with E-state index in [9.17, 15) is 4.79 Å². The van der Waals surface area contributed by atoms with Gasteiger partial charge in [-0.05, 0) is 31.5 Å². The molecule has 0 saturated heterocycles. The first kappa shape index (κ1) is 15.1. The van der Waals surface area contributed by atoms with Gasteiger partial charge in [0.15, 0.2) is 17.3 Å². The van der Waals surface area contributed by atoms with Crippen LogP contribution in [0.15, 0.2) is 35.8 Å². The summed E-state index contributed by atoms with van der Waals surface area (Å²) in [5.74, 6) is 1.82. The van der Waals surface area contributed by atoms with Gasteiger partial charge in [-0.3, -0.25) is 4.79 Å². The van der Waals surface area contributed by atoms with Crippen LogP contribution < -0.4 is 14.8 Å². The van der Waals surface area contributed by atoms with Crippen molar-refractivity contribution in [3.05, 3.63) is 41.4 Å². The van der Waals surface area contributed by atoms with Crippen molar-refractivity contribution in [3.63, 3.8) is 0 Å². The molecule has 2 heterocycles. The van der Waals surface area contributed by atoms with Crippen molar-refractivity contribution in [3.8, 4) is 11.5 Å². The van der Waals surface area contributed by atoms with Crippen LogP contribution >= 0.6 is 0 Å². The molecule has 1 aliphatic heterocycles. The summed E-state index contributed by atoms with van der Waals surface area (Å²) < 4.78 is 12.3. The summed E-state index contributed by atoms with van der Waals surface area (Å²) in [5.41, 5.74) is 2.30. The first-order valence-corrected chi connectivity index (χ1v) is 7.17. The number of hydrogen-bond donors (Lipinski definition) is 1. The summed E-state index contributed by atoms with van der Waals surface area (Å²) in [7, 11) is 3.17. The zero-order chi connectivity index (χ0) is 16.6. The normalized spacial score (nSPS) is 16.6. The number of aromatic nitrogens is 3. The van der Waals surface area contributed by atoms with Crippen LogP contribution in [0.2, 0.25) is 0 Å². The average Bonchev–Trinajstić information content (AvgIpc) is 3.00. The summed E-state index contributed by atoms with van der Waals surface area (Å²) in [6, 6.07) is 5.22. The number of allylic oxidation sites excluding steroid dienone is 2. The van der Waals surface area contributed by atoms with E-state index in [1.54, 1.807) is 25.8 Å². The minimum absolute atomic E-state index is 0.0177. The lowest BCUT2D eigenvalue weighted by Crippen LogP contribution is -2.27. The van der Waals surface area contributed by atoms with E-state index in [4.69, 9.17) is 9.47 Å². The molecule has 7 heteroatoms. The first-order valence-electron chi connectivity index (χ1n) is 7.17. The van der Waals surface area contributed by atoms with E-state index in [0.717, 1.165) is 11.3 Å². The van der Waals surface area contributed by atoms with Gasteiger partial charge in [0.2, 0.25) is 5.95 Å². The fraction of sp³-hybridized carbons (Fsp3) is 0.312. The van der Waals surface area contributed by atoms with Crippen LogP contribution in [0.3, 0.4) is 0 Å². The van der Waals surface area contributed by atoms with Crippen LogP contribution in [-0.2, 0) is 4.79 Å². The number of fused-ring (bicyclic) bond motifs is 1. The second kappa shape index (κ2) is 5.75. The van der Waals surface area contributed by atoms with Gasteiger partial charge in [-0.25, -0.2) is 4.68 Å². The number of nitrogens with zero attached hydrogens (tertiary/aromatic N) is 3. The Kier molecular flexibility index (Phi) is 3.77. The highest BCUT2D eigenvalue weighted by atomic mass is 16.5. The predicted octanol–water partition coefficient (Wildman–Crippen LogP) is 2.17.